The Balaban J connectivity index is 3.41. The van der Waals surface area contributed by atoms with Crippen molar-refractivity contribution < 1.29 is 8.42 Å². The van der Waals surface area contributed by atoms with E-state index >= 15 is 0 Å². The van der Waals surface area contributed by atoms with E-state index in [4.69, 9.17) is 0 Å². The van der Waals surface area contributed by atoms with Gasteiger partial charge in [-0.1, -0.05) is 22.0 Å². The Morgan fingerprint density at radius 3 is 2.37 bits per heavy atom. The molecule has 0 aliphatic rings. The highest BCUT2D eigenvalue weighted by Crippen LogP contribution is 2.31. The summed E-state index contributed by atoms with van der Waals surface area (Å²) >= 11 is 6.71. The molecule has 0 heterocycles. The van der Waals surface area contributed by atoms with Crippen LogP contribution in [0.25, 0.3) is 0 Å². The summed E-state index contributed by atoms with van der Waals surface area (Å²) in [7, 11) is -3.55. The number of benzene rings is 1. The first-order valence-corrected chi connectivity index (χ1v) is 8.82. The molecule has 0 bridgehead atoms. The first-order chi connectivity index (χ1) is 8.71. The third-order valence-corrected chi connectivity index (χ3v) is 6.54. The van der Waals surface area contributed by atoms with Gasteiger partial charge in [-0.2, -0.15) is 4.31 Å². The van der Waals surface area contributed by atoms with E-state index in [9.17, 15) is 8.42 Å². The van der Waals surface area contributed by atoms with Crippen molar-refractivity contribution in [3.63, 3.8) is 0 Å². The van der Waals surface area contributed by atoms with Gasteiger partial charge in [0.2, 0.25) is 10.0 Å². The van der Waals surface area contributed by atoms with E-state index in [1.807, 2.05) is 20.8 Å². The van der Waals surface area contributed by atoms with Crippen LogP contribution < -0.4 is 0 Å². The Bertz CT molecular complexity index is 583. The fourth-order valence-electron chi connectivity index (χ4n) is 1.67. The molecule has 0 unspecified atom stereocenters. The van der Waals surface area contributed by atoms with Crippen LogP contribution in [0.5, 0.6) is 0 Å². The van der Waals surface area contributed by atoms with Crippen LogP contribution in [0.1, 0.15) is 19.4 Å². The number of sulfonamides is 1. The van der Waals surface area contributed by atoms with E-state index in [1.54, 1.807) is 18.2 Å². The molecule has 106 valence electrons. The number of halogens is 2. The minimum absolute atomic E-state index is 0.130. The molecule has 19 heavy (non-hydrogen) atoms. The number of hydrogen-bond donors (Lipinski definition) is 0. The second-order valence-electron chi connectivity index (χ2n) is 4.49. The minimum atomic E-state index is -3.55. The van der Waals surface area contributed by atoms with E-state index in [2.05, 4.69) is 38.4 Å². The Morgan fingerprint density at radius 2 is 1.89 bits per heavy atom. The van der Waals surface area contributed by atoms with Gasteiger partial charge in [0.15, 0.2) is 0 Å². The van der Waals surface area contributed by atoms with Crippen LogP contribution in [0.4, 0.5) is 0 Å². The maximum Gasteiger partial charge on any atom is 0.244 e. The molecule has 0 saturated carbocycles. The highest BCUT2D eigenvalue weighted by Gasteiger charge is 2.28. The van der Waals surface area contributed by atoms with Gasteiger partial charge in [-0.3, -0.25) is 0 Å². The summed E-state index contributed by atoms with van der Waals surface area (Å²) in [6.07, 6.45) is 1.59. The van der Waals surface area contributed by atoms with Crippen LogP contribution >= 0.6 is 31.9 Å². The fraction of sp³-hybridized carbons (Fsp3) is 0.385. The number of nitrogens with zero attached hydrogens (tertiary/aromatic N) is 1. The predicted molar refractivity (Wildman–Crippen MR) is 85.8 cm³/mol. The van der Waals surface area contributed by atoms with Crippen molar-refractivity contribution in [2.24, 2.45) is 0 Å². The second kappa shape index (κ2) is 6.52. The van der Waals surface area contributed by atoms with E-state index in [0.717, 1.165) is 10.0 Å². The summed E-state index contributed by atoms with van der Waals surface area (Å²) in [5.74, 6) is 0. The van der Waals surface area contributed by atoms with Crippen molar-refractivity contribution in [2.45, 2.75) is 31.7 Å². The zero-order valence-corrected chi connectivity index (χ0v) is 15.1. The average molecular weight is 411 g/mol. The van der Waals surface area contributed by atoms with Gasteiger partial charge in [-0.05, 0) is 54.4 Å². The molecule has 0 saturated heterocycles. The summed E-state index contributed by atoms with van der Waals surface area (Å²) in [6, 6.07) is 3.30. The van der Waals surface area contributed by atoms with Crippen LogP contribution in [0.3, 0.4) is 0 Å². The highest BCUT2D eigenvalue weighted by molar-refractivity contribution is 9.11. The van der Waals surface area contributed by atoms with Gasteiger partial charge in [0.1, 0.15) is 0 Å². The fourth-order valence-corrected chi connectivity index (χ4v) is 4.91. The van der Waals surface area contributed by atoms with E-state index in [0.29, 0.717) is 4.47 Å². The standard InChI is InChI=1S/C13H17Br2NO2S/c1-5-6-16(9(2)3)19(17,18)13-8-11(14)10(4)7-12(13)15/h5,7-9H,1,6H2,2-4H3. The largest absolute Gasteiger partial charge is 0.244 e. The molecule has 0 fully saturated rings. The third kappa shape index (κ3) is 3.68. The van der Waals surface area contributed by atoms with Gasteiger partial charge < -0.3 is 0 Å². The van der Waals surface area contributed by atoms with Crippen molar-refractivity contribution in [3.8, 4) is 0 Å². The number of aryl methyl sites for hydroxylation is 1. The molecule has 0 atom stereocenters. The number of rotatable bonds is 5. The predicted octanol–water partition coefficient (Wildman–Crippen LogP) is 4.11. The minimum Gasteiger partial charge on any atom is -0.207 e. The SMILES string of the molecule is C=CCN(C(C)C)S(=O)(=O)c1cc(Br)c(C)cc1Br. The molecule has 1 aromatic rings. The lowest BCUT2D eigenvalue weighted by Gasteiger charge is -2.25. The van der Waals surface area contributed by atoms with Gasteiger partial charge in [0.25, 0.3) is 0 Å². The third-order valence-electron chi connectivity index (χ3n) is 2.68. The second-order valence-corrected chi connectivity index (χ2v) is 8.06. The lowest BCUT2D eigenvalue weighted by Crippen LogP contribution is -2.37. The maximum atomic E-state index is 12.7. The average Bonchev–Trinajstić information content (AvgIpc) is 2.29. The van der Waals surface area contributed by atoms with Crippen molar-refractivity contribution in [1.82, 2.24) is 4.31 Å². The smallest absolute Gasteiger partial charge is 0.207 e. The van der Waals surface area contributed by atoms with Crippen molar-refractivity contribution in [1.29, 1.82) is 0 Å². The Labute approximate surface area is 132 Å². The van der Waals surface area contributed by atoms with Crippen molar-refractivity contribution >= 4 is 41.9 Å². The first kappa shape index (κ1) is 16.9. The molecule has 0 N–H and O–H groups in total. The molecular formula is C13H17Br2NO2S. The van der Waals surface area contributed by atoms with Crippen molar-refractivity contribution in [2.75, 3.05) is 6.54 Å². The Morgan fingerprint density at radius 1 is 1.32 bits per heavy atom. The van der Waals surface area contributed by atoms with Crippen LogP contribution in [0, 0.1) is 6.92 Å². The molecule has 6 heteroatoms. The molecule has 3 nitrogen and oxygen atoms in total. The van der Waals surface area contributed by atoms with Gasteiger partial charge in [-0.25, -0.2) is 8.42 Å². The molecule has 1 aromatic carbocycles. The Kier molecular flexibility index (Phi) is 5.79. The van der Waals surface area contributed by atoms with Gasteiger partial charge >= 0.3 is 0 Å². The quantitative estimate of drug-likeness (QED) is 0.685. The van der Waals surface area contributed by atoms with Crippen LogP contribution in [-0.4, -0.2) is 25.3 Å². The molecule has 0 aliphatic heterocycles. The molecule has 0 spiro atoms. The van der Waals surface area contributed by atoms with Crippen molar-refractivity contribution in [3.05, 3.63) is 39.3 Å². The molecule has 0 aliphatic carbocycles. The zero-order chi connectivity index (χ0) is 14.8. The topological polar surface area (TPSA) is 37.4 Å². The van der Waals surface area contributed by atoms with E-state index in [1.165, 1.54) is 4.31 Å². The highest BCUT2D eigenvalue weighted by atomic mass is 79.9. The van der Waals surface area contributed by atoms with Gasteiger partial charge in [-0.15, -0.1) is 6.58 Å². The normalized spacial score (nSPS) is 12.2. The summed E-state index contributed by atoms with van der Waals surface area (Å²) in [5.41, 5.74) is 0.977. The molecule has 0 amide bonds. The molecular weight excluding hydrogens is 394 g/mol. The number of hydrogen-bond acceptors (Lipinski definition) is 2. The van der Waals surface area contributed by atoms with Crippen LogP contribution in [0.2, 0.25) is 0 Å². The van der Waals surface area contributed by atoms with Crippen LogP contribution in [-0.2, 0) is 10.0 Å². The monoisotopic (exact) mass is 409 g/mol. The van der Waals surface area contributed by atoms with E-state index < -0.39 is 10.0 Å². The lowest BCUT2D eigenvalue weighted by molar-refractivity contribution is 0.382. The van der Waals surface area contributed by atoms with Crippen LogP contribution in [0.15, 0.2) is 38.6 Å². The first-order valence-electron chi connectivity index (χ1n) is 5.80. The summed E-state index contributed by atoms with van der Waals surface area (Å²) < 4.78 is 28.1. The molecule has 1 rings (SSSR count). The summed E-state index contributed by atoms with van der Waals surface area (Å²) in [6.45, 7) is 9.51. The van der Waals surface area contributed by atoms with E-state index in [-0.39, 0.29) is 17.5 Å². The maximum absolute atomic E-state index is 12.7. The summed E-state index contributed by atoms with van der Waals surface area (Å²) in [5, 5.41) is 0. The lowest BCUT2D eigenvalue weighted by atomic mass is 10.2. The van der Waals surface area contributed by atoms with Gasteiger partial charge in [0.05, 0.1) is 4.90 Å². The summed E-state index contributed by atoms with van der Waals surface area (Å²) in [4.78, 5) is 0.264. The Hall–Kier alpha value is -0.170. The van der Waals surface area contributed by atoms with Gasteiger partial charge in [0, 0.05) is 21.5 Å². The molecule has 0 aromatic heterocycles. The molecule has 0 radical (unpaired) electrons. The zero-order valence-electron chi connectivity index (χ0n) is 11.2.